The molecule has 3 heteroatoms. The number of benzene rings is 2. The SMILES string of the molecule is COc1cc(CNC(C)C)ccc1OCc1cccc(C)c1. The number of aryl methyl sites for hydroxylation is 1. The van der Waals surface area contributed by atoms with Gasteiger partial charge in [0.2, 0.25) is 0 Å². The first kappa shape index (κ1) is 16.4. The zero-order chi connectivity index (χ0) is 15.9. The topological polar surface area (TPSA) is 30.5 Å². The van der Waals surface area contributed by atoms with Crippen LogP contribution in [0.3, 0.4) is 0 Å². The molecule has 0 aliphatic rings. The van der Waals surface area contributed by atoms with E-state index >= 15 is 0 Å². The highest BCUT2D eigenvalue weighted by atomic mass is 16.5. The molecule has 3 nitrogen and oxygen atoms in total. The van der Waals surface area contributed by atoms with Gasteiger partial charge in [-0.1, -0.05) is 49.7 Å². The van der Waals surface area contributed by atoms with Crippen LogP contribution >= 0.6 is 0 Å². The normalized spacial score (nSPS) is 10.8. The van der Waals surface area contributed by atoms with Crippen LogP contribution in [0.15, 0.2) is 42.5 Å². The van der Waals surface area contributed by atoms with Crippen molar-refractivity contribution >= 4 is 0 Å². The van der Waals surface area contributed by atoms with Gasteiger partial charge < -0.3 is 14.8 Å². The maximum absolute atomic E-state index is 5.90. The molecule has 0 heterocycles. The van der Waals surface area contributed by atoms with Crippen molar-refractivity contribution in [1.29, 1.82) is 0 Å². The number of hydrogen-bond acceptors (Lipinski definition) is 3. The monoisotopic (exact) mass is 299 g/mol. The van der Waals surface area contributed by atoms with Gasteiger partial charge in [0.1, 0.15) is 6.61 Å². The minimum Gasteiger partial charge on any atom is -0.493 e. The van der Waals surface area contributed by atoms with Crippen molar-refractivity contribution in [3.8, 4) is 11.5 Å². The quantitative estimate of drug-likeness (QED) is 0.835. The Bertz CT molecular complexity index is 608. The minimum absolute atomic E-state index is 0.461. The van der Waals surface area contributed by atoms with Gasteiger partial charge in [0.25, 0.3) is 0 Å². The van der Waals surface area contributed by atoms with Gasteiger partial charge in [-0.15, -0.1) is 0 Å². The summed E-state index contributed by atoms with van der Waals surface area (Å²) in [4.78, 5) is 0. The Hall–Kier alpha value is -2.00. The lowest BCUT2D eigenvalue weighted by Gasteiger charge is -2.14. The van der Waals surface area contributed by atoms with E-state index < -0.39 is 0 Å². The molecule has 0 aliphatic heterocycles. The van der Waals surface area contributed by atoms with Gasteiger partial charge in [0.05, 0.1) is 7.11 Å². The molecule has 2 aromatic rings. The average Bonchev–Trinajstić information content (AvgIpc) is 2.51. The zero-order valence-electron chi connectivity index (χ0n) is 13.8. The molecule has 0 atom stereocenters. The lowest BCUT2D eigenvalue weighted by atomic mass is 10.1. The van der Waals surface area contributed by atoms with E-state index in [9.17, 15) is 0 Å². The molecule has 0 saturated carbocycles. The maximum Gasteiger partial charge on any atom is 0.161 e. The van der Waals surface area contributed by atoms with E-state index in [1.807, 2.05) is 18.2 Å². The minimum atomic E-state index is 0.461. The van der Waals surface area contributed by atoms with Crippen LogP contribution in [-0.2, 0) is 13.2 Å². The van der Waals surface area contributed by atoms with E-state index in [2.05, 4.69) is 50.4 Å². The molecule has 0 aliphatic carbocycles. The lowest BCUT2D eigenvalue weighted by Crippen LogP contribution is -2.21. The molecule has 0 spiro atoms. The maximum atomic E-state index is 5.90. The Balaban J connectivity index is 2.04. The fourth-order valence-electron chi connectivity index (χ4n) is 2.23. The molecule has 0 saturated heterocycles. The van der Waals surface area contributed by atoms with Crippen molar-refractivity contribution in [2.24, 2.45) is 0 Å². The Kier molecular flexibility index (Phi) is 5.84. The van der Waals surface area contributed by atoms with E-state index in [-0.39, 0.29) is 0 Å². The number of methoxy groups -OCH3 is 1. The number of rotatable bonds is 7. The van der Waals surface area contributed by atoms with Gasteiger partial charge in [0, 0.05) is 12.6 Å². The van der Waals surface area contributed by atoms with Crippen LogP contribution in [0.25, 0.3) is 0 Å². The first-order valence-electron chi connectivity index (χ1n) is 7.67. The van der Waals surface area contributed by atoms with Gasteiger partial charge in [-0.25, -0.2) is 0 Å². The average molecular weight is 299 g/mol. The van der Waals surface area contributed by atoms with Crippen LogP contribution in [-0.4, -0.2) is 13.2 Å². The van der Waals surface area contributed by atoms with E-state index in [1.165, 1.54) is 11.1 Å². The van der Waals surface area contributed by atoms with E-state index in [0.717, 1.165) is 23.6 Å². The molecule has 118 valence electrons. The molecule has 0 bridgehead atoms. The highest BCUT2D eigenvalue weighted by molar-refractivity contribution is 5.43. The van der Waals surface area contributed by atoms with E-state index in [0.29, 0.717) is 12.6 Å². The van der Waals surface area contributed by atoms with Gasteiger partial charge in [-0.2, -0.15) is 0 Å². The molecule has 1 N–H and O–H groups in total. The molecule has 2 aromatic carbocycles. The largest absolute Gasteiger partial charge is 0.493 e. The third kappa shape index (κ3) is 4.78. The zero-order valence-corrected chi connectivity index (χ0v) is 13.8. The third-order valence-electron chi connectivity index (χ3n) is 3.42. The van der Waals surface area contributed by atoms with E-state index in [1.54, 1.807) is 7.11 Å². The number of ether oxygens (including phenoxy) is 2. The standard InChI is InChI=1S/C19H25NO2/c1-14(2)20-12-16-8-9-18(19(11-16)21-4)22-13-17-7-5-6-15(3)10-17/h5-11,14,20H,12-13H2,1-4H3. The highest BCUT2D eigenvalue weighted by Gasteiger charge is 2.07. The van der Waals surface area contributed by atoms with Gasteiger partial charge in [-0.05, 0) is 30.2 Å². The summed E-state index contributed by atoms with van der Waals surface area (Å²) in [5.74, 6) is 1.55. The second-order valence-electron chi connectivity index (χ2n) is 5.80. The number of nitrogens with one attached hydrogen (secondary N) is 1. The fraction of sp³-hybridized carbons (Fsp3) is 0.368. The molecule has 0 fully saturated rings. The first-order valence-corrected chi connectivity index (χ1v) is 7.67. The lowest BCUT2D eigenvalue weighted by molar-refractivity contribution is 0.284. The van der Waals surface area contributed by atoms with Gasteiger partial charge >= 0.3 is 0 Å². The molecule has 0 unspecified atom stereocenters. The molecule has 0 amide bonds. The number of hydrogen-bond donors (Lipinski definition) is 1. The Morgan fingerprint density at radius 3 is 2.50 bits per heavy atom. The van der Waals surface area contributed by atoms with Gasteiger partial charge in [-0.3, -0.25) is 0 Å². The Morgan fingerprint density at radius 2 is 1.82 bits per heavy atom. The summed E-state index contributed by atoms with van der Waals surface area (Å²) in [7, 11) is 1.68. The Labute approximate surface area is 133 Å². The van der Waals surface area contributed by atoms with Crippen LogP contribution in [0.2, 0.25) is 0 Å². The van der Waals surface area contributed by atoms with Crippen molar-refractivity contribution in [3.05, 3.63) is 59.2 Å². The highest BCUT2D eigenvalue weighted by Crippen LogP contribution is 2.29. The summed E-state index contributed by atoms with van der Waals surface area (Å²) in [6.45, 7) is 7.72. The second kappa shape index (κ2) is 7.85. The predicted octanol–water partition coefficient (Wildman–Crippen LogP) is 4.08. The smallest absolute Gasteiger partial charge is 0.161 e. The fourth-order valence-corrected chi connectivity index (χ4v) is 2.23. The Morgan fingerprint density at radius 1 is 1.00 bits per heavy atom. The van der Waals surface area contributed by atoms with Crippen LogP contribution in [0.4, 0.5) is 0 Å². The molecule has 2 rings (SSSR count). The summed E-state index contributed by atoms with van der Waals surface area (Å²) < 4.78 is 11.4. The van der Waals surface area contributed by atoms with Crippen molar-refractivity contribution in [3.63, 3.8) is 0 Å². The summed E-state index contributed by atoms with van der Waals surface area (Å²) in [6, 6.07) is 14.9. The van der Waals surface area contributed by atoms with Crippen molar-refractivity contribution < 1.29 is 9.47 Å². The summed E-state index contributed by atoms with van der Waals surface area (Å²) >= 11 is 0. The molecule has 0 aromatic heterocycles. The van der Waals surface area contributed by atoms with Crippen LogP contribution in [0.5, 0.6) is 11.5 Å². The molecular weight excluding hydrogens is 274 g/mol. The van der Waals surface area contributed by atoms with Crippen molar-refractivity contribution in [2.45, 2.75) is 40.0 Å². The van der Waals surface area contributed by atoms with Crippen molar-refractivity contribution in [1.82, 2.24) is 5.32 Å². The van der Waals surface area contributed by atoms with Gasteiger partial charge in [0.15, 0.2) is 11.5 Å². The molecule has 0 radical (unpaired) electrons. The summed E-state index contributed by atoms with van der Waals surface area (Å²) in [5, 5.41) is 3.40. The van der Waals surface area contributed by atoms with Crippen LogP contribution in [0, 0.1) is 6.92 Å². The summed E-state index contributed by atoms with van der Waals surface area (Å²) in [5.41, 5.74) is 3.59. The van der Waals surface area contributed by atoms with E-state index in [4.69, 9.17) is 9.47 Å². The predicted molar refractivity (Wildman–Crippen MR) is 90.5 cm³/mol. The third-order valence-corrected chi connectivity index (χ3v) is 3.42. The summed E-state index contributed by atoms with van der Waals surface area (Å²) in [6.07, 6.45) is 0. The molecular formula is C19H25NO2. The first-order chi connectivity index (χ1) is 10.6. The van der Waals surface area contributed by atoms with Crippen LogP contribution < -0.4 is 14.8 Å². The van der Waals surface area contributed by atoms with Crippen LogP contribution in [0.1, 0.15) is 30.5 Å². The second-order valence-corrected chi connectivity index (χ2v) is 5.80. The molecule has 22 heavy (non-hydrogen) atoms. The van der Waals surface area contributed by atoms with Crippen molar-refractivity contribution in [2.75, 3.05) is 7.11 Å².